The van der Waals surface area contributed by atoms with Crippen molar-refractivity contribution in [1.82, 2.24) is 0 Å². The summed E-state index contributed by atoms with van der Waals surface area (Å²) in [6.45, 7) is 0. The fraction of sp³-hybridized carbons (Fsp3) is 0. The number of para-hydroxylation sites is 6. The Balaban J connectivity index is 1.06. The summed E-state index contributed by atoms with van der Waals surface area (Å²) in [5.41, 5.74) is 11.5. The molecular weight excluding hydrogens is 843 g/mol. The minimum Gasteiger partial charge on any atom is -0.454 e. The predicted octanol–water partition coefficient (Wildman–Crippen LogP) is 18.7. The zero-order chi connectivity index (χ0) is 43.6. The molecule has 312 valence electrons. The van der Waals surface area contributed by atoms with Crippen LogP contribution in [0.3, 0.4) is 0 Å². The SMILES string of the molecule is c1ccc(N(c2ccccc2)c2cccc3sc4ccc(N(c5ccc6sc7cccc(N(c8ccccc8)c8ccccc8)c7c6c5)c5cccc6c5oc5ccccc56)cc4c23)cc1. The fourth-order valence-electron chi connectivity index (χ4n) is 9.74. The van der Waals surface area contributed by atoms with Crippen molar-refractivity contribution >= 4 is 136 Å². The maximum atomic E-state index is 6.84. The topological polar surface area (TPSA) is 22.9 Å². The van der Waals surface area contributed by atoms with Gasteiger partial charge in [-0.3, -0.25) is 0 Å². The Kier molecular flexibility index (Phi) is 9.18. The van der Waals surface area contributed by atoms with E-state index in [-0.39, 0.29) is 0 Å². The molecule has 13 rings (SSSR count). The third-order valence-electron chi connectivity index (χ3n) is 12.6. The lowest BCUT2D eigenvalue weighted by molar-refractivity contribution is 0.669. The van der Waals surface area contributed by atoms with Crippen LogP contribution in [0.15, 0.2) is 241 Å². The zero-order valence-corrected chi connectivity index (χ0v) is 37.2. The first-order chi connectivity index (χ1) is 32.7. The third-order valence-corrected chi connectivity index (χ3v) is 14.9. The van der Waals surface area contributed by atoms with Crippen molar-refractivity contribution < 1.29 is 4.42 Å². The van der Waals surface area contributed by atoms with Gasteiger partial charge in [0.25, 0.3) is 0 Å². The van der Waals surface area contributed by atoms with Crippen molar-refractivity contribution in [3.05, 3.63) is 237 Å². The highest BCUT2D eigenvalue weighted by Crippen LogP contribution is 2.50. The lowest BCUT2D eigenvalue weighted by atomic mass is 10.0. The maximum absolute atomic E-state index is 6.84. The van der Waals surface area contributed by atoms with Gasteiger partial charge in [-0.1, -0.05) is 115 Å². The number of hydrogen-bond donors (Lipinski definition) is 0. The Hall–Kier alpha value is -8.16. The van der Waals surface area contributed by atoms with E-state index in [0.717, 1.165) is 73.1 Å². The Morgan fingerprint density at radius 2 is 0.667 bits per heavy atom. The van der Waals surface area contributed by atoms with E-state index < -0.39 is 0 Å². The number of rotatable bonds is 9. The molecule has 0 fully saturated rings. The molecule has 6 heteroatoms. The van der Waals surface area contributed by atoms with E-state index in [4.69, 9.17) is 4.42 Å². The van der Waals surface area contributed by atoms with Crippen LogP contribution in [-0.2, 0) is 0 Å². The summed E-state index contributed by atoms with van der Waals surface area (Å²) >= 11 is 3.68. The molecule has 0 spiro atoms. The molecule has 0 unspecified atom stereocenters. The largest absolute Gasteiger partial charge is 0.454 e. The van der Waals surface area contributed by atoms with E-state index in [9.17, 15) is 0 Å². The molecule has 0 atom stereocenters. The van der Waals surface area contributed by atoms with Crippen LogP contribution in [0.1, 0.15) is 0 Å². The highest BCUT2D eigenvalue weighted by atomic mass is 32.1. The van der Waals surface area contributed by atoms with Gasteiger partial charge in [0.15, 0.2) is 5.58 Å². The molecular formula is C60H39N3OS2. The van der Waals surface area contributed by atoms with Crippen LogP contribution >= 0.6 is 22.7 Å². The van der Waals surface area contributed by atoms with E-state index in [2.05, 4.69) is 245 Å². The molecule has 0 N–H and O–H groups in total. The quantitative estimate of drug-likeness (QED) is 0.144. The van der Waals surface area contributed by atoms with E-state index in [1.807, 2.05) is 28.7 Å². The second-order valence-corrected chi connectivity index (χ2v) is 18.6. The Bertz CT molecular complexity index is 3620. The van der Waals surface area contributed by atoms with Crippen molar-refractivity contribution in [3.63, 3.8) is 0 Å². The second-order valence-electron chi connectivity index (χ2n) is 16.5. The standard InChI is InChI=1S/C60H39N3OS2/c1-5-18-40(19-6-1)61(41-20-7-2-8-21-41)50-28-16-32-56-58(50)48-38-44(34-36-54(48)65-56)63(52-30-15-27-47-46-26-13-14-31-53(46)64-60(47)52)45-35-37-55-49(39-45)59-51(29-17-33-57(59)66-55)62(42-22-9-3-10-23-42)43-24-11-4-12-25-43/h1-39H. The molecule has 13 aromatic rings. The predicted molar refractivity (Wildman–Crippen MR) is 284 cm³/mol. The summed E-state index contributed by atoms with van der Waals surface area (Å²) in [6.07, 6.45) is 0. The second kappa shape index (κ2) is 15.8. The molecule has 3 heterocycles. The number of thiophene rings is 2. The van der Waals surface area contributed by atoms with Crippen molar-refractivity contribution in [1.29, 1.82) is 0 Å². The van der Waals surface area contributed by atoms with E-state index in [1.165, 1.54) is 40.3 Å². The number of nitrogens with zero attached hydrogens (tertiary/aromatic N) is 3. The van der Waals surface area contributed by atoms with E-state index in [0.29, 0.717) is 0 Å². The highest BCUT2D eigenvalue weighted by molar-refractivity contribution is 7.26. The molecule has 3 aromatic heterocycles. The molecule has 66 heavy (non-hydrogen) atoms. The smallest absolute Gasteiger partial charge is 0.159 e. The summed E-state index contributed by atoms with van der Waals surface area (Å²) in [7, 11) is 0. The number of furan rings is 1. The number of hydrogen-bond acceptors (Lipinski definition) is 6. The van der Waals surface area contributed by atoms with Gasteiger partial charge in [0.05, 0.1) is 17.1 Å². The molecule has 0 saturated heterocycles. The first kappa shape index (κ1) is 38.3. The highest BCUT2D eigenvalue weighted by Gasteiger charge is 2.24. The van der Waals surface area contributed by atoms with Crippen molar-refractivity contribution in [3.8, 4) is 0 Å². The normalized spacial score (nSPS) is 11.6. The van der Waals surface area contributed by atoms with Gasteiger partial charge in [-0.25, -0.2) is 0 Å². The van der Waals surface area contributed by atoms with Gasteiger partial charge in [-0.2, -0.15) is 0 Å². The van der Waals surface area contributed by atoms with Gasteiger partial charge < -0.3 is 19.1 Å². The van der Waals surface area contributed by atoms with Crippen LogP contribution in [0.4, 0.5) is 51.2 Å². The molecule has 0 amide bonds. The molecule has 0 bridgehead atoms. The molecule has 0 aliphatic heterocycles. The summed E-state index contributed by atoms with van der Waals surface area (Å²) in [5, 5.41) is 7.04. The summed E-state index contributed by atoms with van der Waals surface area (Å²) in [4.78, 5) is 7.17. The van der Waals surface area contributed by atoms with Crippen LogP contribution in [0.25, 0.3) is 62.3 Å². The van der Waals surface area contributed by atoms with Gasteiger partial charge in [0.2, 0.25) is 0 Å². The van der Waals surface area contributed by atoms with Crippen molar-refractivity contribution in [2.24, 2.45) is 0 Å². The van der Waals surface area contributed by atoms with Gasteiger partial charge >= 0.3 is 0 Å². The number of anilines is 9. The summed E-state index contributed by atoms with van der Waals surface area (Å²) in [5.74, 6) is 0. The first-order valence-electron chi connectivity index (χ1n) is 22.2. The Morgan fingerprint density at radius 1 is 0.273 bits per heavy atom. The molecule has 4 nitrogen and oxygen atoms in total. The maximum Gasteiger partial charge on any atom is 0.159 e. The lowest BCUT2D eigenvalue weighted by Gasteiger charge is -2.27. The Morgan fingerprint density at radius 3 is 1.15 bits per heavy atom. The molecule has 0 aliphatic rings. The van der Waals surface area contributed by atoms with Crippen LogP contribution in [0, 0.1) is 0 Å². The van der Waals surface area contributed by atoms with Crippen molar-refractivity contribution in [2.75, 3.05) is 14.7 Å². The van der Waals surface area contributed by atoms with E-state index in [1.54, 1.807) is 0 Å². The third kappa shape index (κ3) is 6.33. The summed E-state index contributed by atoms with van der Waals surface area (Å²) in [6, 6.07) is 85.0. The molecule has 0 saturated carbocycles. The van der Waals surface area contributed by atoms with Crippen LogP contribution in [0.5, 0.6) is 0 Å². The average molecular weight is 882 g/mol. The number of fused-ring (bicyclic) bond motifs is 9. The molecule has 10 aromatic carbocycles. The zero-order valence-electron chi connectivity index (χ0n) is 35.6. The minimum absolute atomic E-state index is 0.851. The van der Waals surface area contributed by atoms with Crippen molar-refractivity contribution in [2.45, 2.75) is 0 Å². The Labute approximate surface area is 389 Å². The first-order valence-corrected chi connectivity index (χ1v) is 23.8. The molecule has 0 radical (unpaired) electrons. The summed E-state index contributed by atoms with van der Waals surface area (Å²) < 4.78 is 11.8. The van der Waals surface area contributed by atoms with Gasteiger partial charge in [0.1, 0.15) is 5.58 Å². The number of benzene rings is 10. The van der Waals surface area contributed by atoms with Crippen LogP contribution < -0.4 is 14.7 Å². The van der Waals surface area contributed by atoms with E-state index >= 15 is 0 Å². The molecule has 0 aliphatic carbocycles. The average Bonchev–Trinajstić information content (AvgIpc) is 4.08. The van der Waals surface area contributed by atoms with Gasteiger partial charge in [-0.15, -0.1) is 22.7 Å². The van der Waals surface area contributed by atoms with Gasteiger partial charge in [-0.05, 0) is 121 Å². The van der Waals surface area contributed by atoms with Crippen LogP contribution in [0.2, 0.25) is 0 Å². The monoisotopic (exact) mass is 881 g/mol. The minimum atomic E-state index is 0.851. The lowest BCUT2D eigenvalue weighted by Crippen LogP contribution is -2.11. The van der Waals surface area contributed by atoms with Gasteiger partial charge in [0, 0.05) is 85.2 Å². The fourth-order valence-corrected chi connectivity index (χ4v) is 12.0. The van der Waals surface area contributed by atoms with Crippen LogP contribution in [-0.4, -0.2) is 0 Å².